The molecule has 382 valence electrons. The molecule has 0 bridgehead atoms. The Morgan fingerprint density at radius 3 is 1.66 bits per heavy atom. The minimum atomic E-state index is -0.283. The Balaban J connectivity index is 1.22. The fourth-order valence-corrected chi connectivity index (χ4v) is 13.9. The van der Waals surface area contributed by atoms with Gasteiger partial charge >= 0.3 is 6.71 Å². The molecule has 1 aromatic heterocycles. The van der Waals surface area contributed by atoms with Crippen molar-refractivity contribution in [1.29, 1.82) is 0 Å². The molecule has 0 saturated heterocycles. The highest BCUT2D eigenvalue weighted by Gasteiger charge is 2.61. The first-order valence-electron chi connectivity index (χ1n) is 27.9. The molecule has 4 atom stereocenters. The van der Waals surface area contributed by atoms with Gasteiger partial charge in [-0.2, -0.15) is 0 Å². The van der Waals surface area contributed by atoms with Crippen LogP contribution in [0.25, 0.3) is 11.0 Å². The van der Waals surface area contributed by atoms with Crippen LogP contribution in [0.15, 0.2) is 120 Å². The van der Waals surface area contributed by atoms with Crippen LogP contribution in [0.3, 0.4) is 0 Å². The van der Waals surface area contributed by atoms with Crippen molar-refractivity contribution in [2.24, 2.45) is 0 Å². The monoisotopic (exact) mass is 982 g/mol. The highest BCUT2D eigenvalue weighted by atomic mass is 16.5. The number of ether oxygens (including phenoxy) is 1. The molecule has 1 aliphatic carbocycles. The van der Waals surface area contributed by atoms with Gasteiger partial charge in [-0.1, -0.05) is 172 Å². The number of hydrogen-bond acceptors (Lipinski definition) is 5. The Hall–Kier alpha value is -5.88. The lowest BCUT2D eigenvalue weighted by atomic mass is 9.34. The zero-order valence-corrected chi connectivity index (χ0v) is 47.7. The van der Waals surface area contributed by atoms with Gasteiger partial charge in [0.15, 0.2) is 0 Å². The summed E-state index contributed by atoms with van der Waals surface area (Å²) in [6.07, 6.45) is 4.71. The minimum Gasteiger partial charge on any atom is -0.495 e. The summed E-state index contributed by atoms with van der Waals surface area (Å²) >= 11 is 0. The molecule has 12 rings (SSSR count). The highest BCUT2D eigenvalue weighted by Crippen LogP contribution is 2.63. The SMILES string of the molecule is CC(C)(C)c1ccc(N2c3cc(N4c5ccc(C(C)(C)C)cc5C5(C)CCCCC45C)cc4c3B(c3oc5ccc(C(C)(C)C)cc5c32)C2Oc3ccc(C(C)(C)C)cc3C2N4c2ccc(C(C)(C)C)cc2)cc1. The van der Waals surface area contributed by atoms with E-state index >= 15 is 0 Å². The van der Waals surface area contributed by atoms with Crippen molar-refractivity contribution in [2.45, 2.75) is 193 Å². The second-order valence-electron chi connectivity index (χ2n) is 28.6. The molecular formula is C68H80BN3O2. The molecular weight excluding hydrogens is 902 g/mol. The minimum absolute atomic E-state index is 0.00245. The first kappa shape index (κ1) is 49.0. The molecule has 1 saturated carbocycles. The number of fused-ring (bicyclic) bond motifs is 11. The Labute approximate surface area is 443 Å². The Morgan fingerprint density at radius 1 is 0.514 bits per heavy atom. The Bertz CT molecular complexity index is 3400. The third-order valence-corrected chi connectivity index (χ3v) is 18.6. The predicted octanol–water partition coefficient (Wildman–Crippen LogP) is 17.2. The van der Waals surface area contributed by atoms with E-state index in [1.165, 1.54) is 85.7 Å². The van der Waals surface area contributed by atoms with Crippen LogP contribution in [0.4, 0.5) is 39.8 Å². The molecule has 1 fully saturated rings. The molecule has 5 aliphatic rings. The van der Waals surface area contributed by atoms with Gasteiger partial charge in [-0.25, -0.2) is 0 Å². The van der Waals surface area contributed by atoms with Crippen molar-refractivity contribution in [3.63, 3.8) is 0 Å². The van der Waals surface area contributed by atoms with E-state index in [2.05, 4.69) is 248 Å². The first-order valence-corrected chi connectivity index (χ1v) is 27.9. The maximum absolute atomic E-state index is 7.57. The summed E-state index contributed by atoms with van der Waals surface area (Å²) in [6.45, 7) is 39.9. The van der Waals surface area contributed by atoms with Crippen LogP contribution >= 0.6 is 0 Å². The van der Waals surface area contributed by atoms with E-state index in [1.807, 2.05) is 0 Å². The summed E-state index contributed by atoms with van der Waals surface area (Å²) in [7, 11) is 0. The second-order valence-corrected chi connectivity index (χ2v) is 28.6. The average Bonchev–Trinajstić information content (AvgIpc) is 4.02. The van der Waals surface area contributed by atoms with Crippen molar-refractivity contribution in [2.75, 3.05) is 14.7 Å². The fourth-order valence-electron chi connectivity index (χ4n) is 13.9. The largest absolute Gasteiger partial charge is 0.495 e. The molecule has 0 spiro atoms. The summed E-state index contributed by atoms with van der Waals surface area (Å²) in [5, 5.41) is 1.14. The van der Waals surface area contributed by atoms with E-state index in [0.29, 0.717) is 0 Å². The van der Waals surface area contributed by atoms with Crippen molar-refractivity contribution in [3.8, 4) is 5.75 Å². The number of rotatable bonds is 3. The van der Waals surface area contributed by atoms with Crippen molar-refractivity contribution < 1.29 is 9.15 Å². The zero-order valence-electron chi connectivity index (χ0n) is 47.7. The van der Waals surface area contributed by atoms with Crippen LogP contribution in [0.1, 0.15) is 188 Å². The Morgan fingerprint density at radius 2 is 1.04 bits per heavy atom. The number of furan rings is 1. The molecule has 4 unspecified atom stereocenters. The van der Waals surface area contributed by atoms with Gasteiger partial charge in [-0.15, -0.1) is 0 Å². The van der Waals surface area contributed by atoms with Crippen molar-refractivity contribution in [1.82, 2.24) is 0 Å². The van der Waals surface area contributed by atoms with Gasteiger partial charge in [-0.05, 0) is 152 Å². The number of anilines is 7. The van der Waals surface area contributed by atoms with Crippen molar-refractivity contribution >= 4 is 68.6 Å². The summed E-state index contributed by atoms with van der Waals surface area (Å²) in [4.78, 5) is 8.08. The van der Waals surface area contributed by atoms with Crippen LogP contribution in [-0.2, 0) is 32.5 Å². The summed E-state index contributed by atoms with van der Waals surface area (Å²) in [6, 6.07) is 45.1. The van der Waals surface area contributed by atoms with E-state index in [-0.39, 0.29) is 56.8 Å². The second kappa shape index (κ2) is 15.8. The molecule has 6 heteroatoms. The quantitative estimate of drug-likeness (QED) is 0.165. The number of nitrogens with zero attached hydrogens (tertiary/aromatic N) is 3. The van der Waals surface area contributed by atoms with Gasteiger partial charge < -0.3 is 23.9 Å². The molecule has 0 N–H and O–H groups in total. The molecule has 5 heterocycles. The van der Waals surface area contributed by atoms with Crippen LogP contribution in [0.5, 0.6) is 5.75 Å². The molecule has 5 nitrogen and oxygen atoms in total. The van der Waals surface area contributed by atoms with Gasteiger partial charge in [0.1, 0.15) is 17.3 Å². The highest BCUT2D eigenvalue weighted by molar-refractivity contribution is 6.90. The van der Waals surface area contributed by atoms with E-state index in [1.54, 1.807) is 0 Å². The van der Waals surface area contributed by atoms with Gasteiger partial charge in [0.05, 0.1) is 22.9 Å². The third kappa shape index (κ3) is 7.22. The molecule has 7 aromatic rings. The van der Waals surface area contributed by atoms with Crippen molar-refractivity contribution in [3.05, 3.63) is 154 Å². The van der Waals surface area contributed by atoms with E-state index in [0.717, 1.165) is 46.6 Å². The summed E-state index contributed by atoms with van der Waals surface area (Å²) < 4.78 is 15.0. The smallest absolute Gasteiger partial charge is 0.312 e. The van der Waals surface area contributed by atoms with Gasteiger partial charge in [-0.3, -0.25) is 0 Å². The lowest BCUT2D eigenvalue weighted by molar-refractivity contribution is 0.195. The fraction of sp³-hybridized carbons (Fsp3) is 0.441. The molecule has 6 aromatic carbocycles. The van der Waals surface area contributed by atoms with Crippen LogP contribution < -0.4 is 30.6 Å². The van der Waals surface area contributed by atoms with E-state index in [4.69, 9.17) is 9.15 Å². The van der Waals surface area contributed by atoms with Crippen LogP contribution in [0, 0.1) is 0 Å². The first-order chi connectivity index (χ1) is 34.6. The maximum Gasteiger partial charge on any atom is 0.312 e. The topological polar surface area (TPSA) is 32.1 Å². The lowest BCUT2D eigenvalue weighted by Crippen LogP contribution is -2.64. The normalized spacial score (nSPS) is 22.3. The van der Waals surface area contributed by atoms with E-state index < -0.39 is 0 Å². The average molecular weight is 982 g/mol. The third-order valence-electron chi connectivity index (χ3n) is 18.6. The summed E-state index contributed by atoms with van der Waals surface area (Å²) in [5.41, 5.74) is 20.6. The van der Waals surface area contributed by atoms with Gasteiger partial charge in [0.2, 0.25) is 0 Å². The molecule has 4 aliphatic heterocycles. The standard InChI is InChI=1S/C68H80BN3O2/c1-62(2,3)41-20-27-46(28-21-41)70-53-39-48(72-52-31-24-45(66(13,14)15)38-51(52)67(16)34-18-19-35-68(67,72)17)40-54-57(53)69(60-58(70)49-36-43(64(7,8)9)25-32-55(49)73-60)61-59(50-37-44(65(10,11)12)26-33-56(50)74-61)71(54)47-29-22-42(23-30-47)63(4,5)6/h20-33,36-40,58,60H,18-19,34-35H2,1-17H3. The zero-order chi connectivity index (χ0) is 52.6. The van der Waals surface area contributed by atoms with Crippen LogP contribution in [-0.4, -0.2) is 18.3 Å². The van der Waals surface area contributed by atoms with Gasteiger partial charge in [0, 0.05) is 50.5 Å². The van der Waals surface area contributed by atoms with E-state index in [9.17, 15) is 0 Å². The lowest BCUT2D eigenvalue weighted by Gasteiger charge is -2.51. The Kier molecular flexibility index (Phi) is 10.5. The molecule has 0 amide bonds. The number of benzene rings is 6. The summed E-state index contributed by atoms with van der Waals surface area (Å²) in [5.74, 6) is 0.959. The number of hydrogen-bond donors (Lipinski definition) is 0. The predicted molar refractivity (Wildman–Crippen MR) is 314 cm³/mol. The molecule has 74 heavy (non-hydrogen) atoms. The van der Waals surface area contributed by atoms with Gasteiger partial charge in [0.25, 0.3) is 0 Å². The van der Waals surface area contributed by atoms with Crippen LogP contribution in [0.2, 0.25) is 0 Å². The maximum atomic E-state index is 7.57. The molecule has 0 radical (unpaired) electrons.